The van der Waals surface area contributed by atoms with Crippen LogP contribution >= 0.6 is 23.2 Å². The molecule has 5 nitrogen and oxygen atoms in total. The van der Waals surface area contributed by atoms with Gasteiger partial charge in [-0.1, -0.05) is 53.9 Å². The Morgan fingerprint density at radius 1 is 1.06 bits per heavy atom. The van der Waals surface area contributed by atoms with Crippen LogP contribution in [0, 0.1) is 6.92 Å². The van der Waals surface area contributed by atoms with Crippen LogP contribution in [-0.4, -0.2) is 35.4 Å². The molecule has 32 heavy (non-hydrogen) atoms. The van der Waals surface area contributed by atoms with Crippen molar-refractivity contribution in [2.24, 2.45) is 0 Å². The third kappa shape index (κ3) is 7.72. The molecule has 7 heteroatoms. The number of ether oxygens (including phenoxy) is 1. The van der Waals surface area contributed by atoms with Crippen LogP contribution < -0.4 is 10.1 Å². The minimum absolute atomic E-state index is 0.0220. The summed E-state index contributed by atoms with van der Waals surface area (Å²) in [6.45, 7) is 8.23. The number of benzene rings is 2. The normalized spacial score (nSPS) is 12.7. The van der Waals surface area contributed by atoms with E-state index in [2.05, 4.69) is 5.32 Å². The monoisotopic (exact) mass is 478 g/mol. The summed E-state index contributed by atoms with van der Waals surface area (Å²) in [5, 5.41) is 3.88. The molecule has 0 aliphatic rings. The van der Waals surface area contributed by atoms with Crippen molar-refractivity contribution in [3.05, 3.63) is 63.6 Å². The molecule has 0 aromatic heterocycles. The van der Waals surface area contributed by atoms with Crippen LogP contribution in [0.2, 0.25) is 10.0 Å². The molecule has 2 amide bonds. The highest BCUT2D eigenvalue weighted by Gasteiger charge is 2.27. The third-order valence-corrected chi connectivity index (χ3v) is 6.09. The summed E-state index contributed by atoms with van der Waals surface area (Å²) in [5.74, 6) is 0.413. The van der Waals surface area contributed by atoms with Crippen LogP contribution in [0.5, 0.6) is 5.75 Å². The number of halogens is 2. The predicted octanol–water partition coefficient (Wildman–Crippen LogP) is 5.79. The van der Waals surface area contributed by atoms with Crippen LogP contribution in [0.4, 0.5) is 0 Å². The zero-order valence-electron chi connectivity index (χ0n) is 19.2. The molecule has 174 valence electrons. The number of amides is 2. The topological polar surface area (TPSA) is 58.6 Å². The van der Waals surface area contributed by atoms with Gasteiger partial charge < -0.3 is 15.0 Å². The highest BCUT2D eigenvalue weighted by Crippen LogP contribution is 2.27. The Hall–Kier alpha value is -2.24. The quantitative estimate of drug-likeness (QED) is 0.415. The van der Waals surface area contributed by atoms with Gasteiger partial charge in [-0.3, -0.25) is 9.59 Å². The summed E-state index contributed by atoms with van der Waals surface area (Å²) >= 11 is 12.7. The van der Waals surface area contributed by atoms with E-state index in [1.807, 2.05) is 45.0 Å². The maximum atomic E-state index is 13.1. The second-order valence-corrected chi connectivity index (χ2v) is 8.80. The molecule has 0 saturated carbocycles. The average Bonchev–Trinajstić information content (AvgIpc) is 2.77. The third-order valence-electron chi connectivity index (χ3n) is 5.38. The van der Waals surface area contributed by atoms with Gasteiger partial charge in [-0.15, -0.1) is 0 Å². The van der Waals surface area contributed by atoms with Crippen molar-refractivity contribution in [3.63, 3.8) is 0 Å². The maximum absolute atomic E-state index is 13.1. The molecule has 0 aliphatic carbocycles. The Morgan fingerprint density at radius 2 is 1.69 bits per heavy atom. The van der Waals surface area contributed by atoms with Crippen LogP contribution in [-0.2, 0) is 16.1 Å². The van der Waals surface area contributed by atoms with E-state index < -0.39 is 6.04 Å². The van der Waals surface area contributed by atoms with E-state index in [0.29, 0.717) is 28.6 Å². The molecule has 0 saturated heterocycles. The number of hydrogen-bond donors (Lipinski definition) is 1. The van der Waals surface area contributed by atoms with E-state index >= 15 is 0 Å². The van der Waals surface area contributed by atoms with Gasteiger partial charge in [0.1, 0.15) is 11.8 Å². The van der Waals surface area contributed by atoms with Crippen LogP contribution in [0.1, 0.15) is 51.2 Å². The molecule has 2 aromatic carbocycles. The molecule has 0 heterocycles. The van der Waals surface area contributed by atoms with E-state index in [-0.39, 0.29) is 30.8 Å². The highest BCUT2D eigenvalue weighted by atomic mass is 35.5. The zero-order chi connectivity index (χ0) is 23.7. The SMILES string of the molecule is CC[C@H](C)NC(=O)[C@H](C)N(Cc1c(Cl)cccc1Cl)C(=O)CCCOc1ccc(C)cc1. The molecular weight excluding hydrogens is 447 g/mol. The van der Waals surface area contributed by atoms with Crippen molar-refractivity contribution in [1.82, 2.24) is 10.2 Å². The average molecular weight is 479 g/mol. The number of rotatable bonds is 11. The molecule has 0 radical (unpaired) electrons. The lowest BCUT2D eigenvalue weighted by molar-refractivity contribution is -0.141. The van der Waals surface area contributed by atoms with Gasteiger partial charge in [-0.2, -0.15) is 0 Å². The first-order valence-electron chi connectivity index (χ1n) is 10.9. The molecule has 0 spiro atoms. The Balaban J connectivity index is 2.07. The Labute approximate surface area is 201 Å². The van der Waals surface area contributed by atoms with Gasteiger partial charge in [0.05, 0.1) is 6.61 Å². The van der Waals surface area contributed by atoms with Gasteiger partial charge in [-0.25, -0.2) is 0 Å². The van der Waals surface area contributed by atoms with Crippen molar-refractivity contribution >= 4 is 35.0 Å². The second kappa shape index (κ2) is 12.7. The summed E-state index contributed by atoms with van der Waals surface area (Å²) in [5.41, 5.74) is 1.79. The largest absolute Gasteiger partial charge is 0.494 e. The fourth-order valence-corrected chi connectivity index (χ4v) is 3.61. The number of hydrogen-bond acceptors (Lipinski definition) is 3. The Bertz CT molecular complexity index is 882. The fourth-order valence-electron chi connectivity index (χ4n) is 3.09. The molecule has 2 atom stereocenters. The minimum atomic E-state index is -0.665. The van der Waals surface area contributed by atoms with E-state index in [1.54, 1.807) is 25.1 Å². The standard InChI is InChI=1S/C25H32Cl2N2O3/c1-5-18(3)28-25(31)19(4)29(16-21-22(26)8-6-9-23(21)27)24(30)10-7-15-32-20-13-11-17(2)12-14-20/h6,8-9,11-14,18-19H,5,7,10,15-16H2,1-4H3,(H,28,31)/t18-,19-/m0/s1. The lowest BCUT2D eigenvalue weighted by atomic mass is 10.1. The molecule has 0 aliphatic heterocycles. The van der Waals surface area contributed by atoms with Crippen LogP contribution in [0.15, 0.2) is 42.5 Å². The van der Waals surface area contributed by atoms with Gasteiger partial charge in [0.15, 0.2) is 0 Å². The zero-order valence-corrected chi connectivity index (χ0v) is 20.7. The highest BCUT2D eigenvalue weighted by molar-refractivity contribution is 6.36. The van der Waals surface area contributed by atoms with Gasteiger partial charge in [0, 0.05) is 34.6 Å². The van der Waals surface area contributed by atoms with Gasteiger partial charge >= 0.3 is 0 Å². The lowest BCUT2D eigenvalue weighted by Gasteiger charge is -2.30. The van der Waals surface area contributed by atoms with E-state index in [9.17, 15) is 9.59 Å². The Kier molecular flexibility index (Phi) is 10.3. The van der Waals surface area contributed by atoms with E-state index in [1.165, 1.54) is 4.90 Å². The van der Waals surface area contributed by atoms with Crippen molar-refractivity contribution in [3.8, 4) is 5.75 Å². The molecule has 0 bridgehead atoms. The summed E-state index contributed by atoms with van der Waals surface area (Å²) in [7, 11) is 0. The summed E-state index contributed by atoms with van der Waals surface area (Å²) in [4.78, 5) is 27.4. The molecule has 0 unspecified atom stereocenters. The van der Waals surface area contributed by atoms with E-state index in [0.717, 1.165) is 17.7 Å². The maximum Gasteiger partial charge on any atom is 0.242 e. The van der Waals surface area contributed by atoms with Gasteiger partial charge in [-0.05, 0) is 57.9 Å². The second-order valence-electron chi connectivity index (χ2n) is 7.98. The predicted molar refractivity (Wildman–Crippen MR) is 130 cm³/mol. The van der Waals surface area contributed by atoms with E-state index in [4.69, 9.17) is 27.9 Å². The first-order chi connectivity index (χ1) is 15.2. The number of carbonyl (C=O) groups is 2. The number of aryl methyl sites for hydroxylation is 1. The number of nitrogens with one attached hydrogen (secondary N) is 1. The fraction of sp³-hybridized carbons (Fsp3) is 0.440. The van der Waals surface area contributed by atoms with Crippen molar-refractivity contribution in [2.45, 2.75) is 65.6 Å². The first kappa shape index (κ1) is 26.0. The number of nitrogens with zero attached hydrogens (tertiary/aromatic N) is 1. The summed E-state index contributed by atoms with van der Waals surface area (Å²) in [6, 6.07) is 12.3. The summed E-state index contributed by atoms with van der Waals surface area (Å²) in [6.07, 6.45) is 1.58. The first-order valence-corrected chi connectivity index (χ1v) is 11.7. The molecule has 2 aromatic rings. The number of carbonyl (C=O) groups excluding carboxylic acids is 2. The molecule has 0 fully saturated rings. The van der Waals surface area contributed by atoms with Gasteiger partial charge in [0.25, 0.3) is 0 Å². The Morgan fingerprint density at radius 3 is 2.28 bits per heavy atom. The molecule has 2 rings (SSSR count). The molecular formula is C25H32Cl2N2O3. The minimum Gasteiger partial charge on any atom is -0.494 e. The van der Waals surface area contributed by atoms with Crippen molar-refractivity contribution in [1.29, 1.82) is 0 Å². The van der Waals surface area contributed by atoms with Crippen molar-refractivity contribution in [2.75, 3.05) is 6.61 Å². The van der Waals surface area contributed by atoms with Crippen LogP contribution in [0.3, 0.4) is 0 Å². The summed E-state index contributed by atoms with van der Waals surface area (Å²) < 4.78 is 5.73. The lowest BCUT2D eigenvalue weighted by Crippen LogP contribution is -2.49. The van der Waals surface area contributed by atoms with Crippen LogP contribution in [0.25, 0.3) is 0 Å². The smallest absolute Gasteiger partial charge is 0.242 e. The van der Waals surface area contributed by atoms with Gasteiger partial charge in [0.2, 0.25) is 11.8 Å². The molecule has 1 N–H and O–H groups in total. The van der Waals surface area contributed by atoms with Crippen molar-refractivity contribution < 1.29 is 14.3 Å².